The predicted octanol–water partition coefficient (Wildman–Crippen LogP) is 18.4. The van der Waals surface area contributed by atoms with Gasteiger partial charge in [0, 0.05) is 19.3 Å². The molecule has 69 heavy (non-hydrogen) atoms. The first-order valence-electron chi connectivity index (χ1n) is 27.3. The molecule has 386 valence electrons. The summed E-state index contributed by atoms with van der Waals surface area (Å²) in [4.78, 5) is 38.1. The molecule has 0 rings (SSSR count). The van der Waals surface area contributed by atoms with Crippen LogP contribution >= 0.6 is 0 Å². The highest BCUT2D eigenvalue weighted by Gasteiger charge is 2.19. The van der Waals surface area contributed by atoms with Gasteiger partial charge in [0.2, 0.25) is 0 Å². The van der Waals surface area contributed by atoms with Crippen LogP contribution in [0.3, 0.4) is 0 Å². The maximum atomic E-state index is 12.8. The Balaban J connectivity index is 4.60. The van der Waals surface area contributed by atoms with Crippen LogP contribution in [0.2, 0.25) is 0 Å². The van der Waals surface area contributed by atoms with Gasteiger partial charge in [-0.2, -0.15) is 0 Å². The second-order valence-electron chi connectivity index (χ2n) is 17.4. The number of carbonyl (C=O) groups is 3. The number of carbonyl (C=O) groups excluding carboxylic acids is 3. The summed E-state index contributed by atoms with van der Waals surface area (Å²) in [6.07, 6.45) is 79.8. The summed E-state index contributed by atoms with van der Waals surface area (Å²) in [5.41, 5.74) is 0. The van der Waals surface area contributed by atoms with Crippen molar-refractivity contribution >= 4 is 17.9 Å². The zero-order chi connectivity index (χ0) is 50.0. The number of allylic oxidation sites excluding steroid dienone is 24. The third-order valence-electron chi connectivity index (χ3n) is 10.8. The molecule has 0 aromatic rings. The van der Waals surface area contributed by atoms with Crippen molar-refractivity contribution in [3.05, 3.63) is 146 Å². The Morgan fingerprint density at radius 3 is 0.971 bits per heavy atom. The minimum atomic E-state index is -0.834. The SMILES string of the molecule is CC/C=C\C/C=C\C/C=C\C/C=C\CCCCCCC(=O)OC[C@H](COC(=O)CC/C=C\C/C=C\C/C=C\C/C=C\C/C=C\CCCCC)OC(=O)CCCCCCC/C=C\C/C=C\C/C=C\CC. The van der Waals surface area contributed by atoms with Crippen LogP contribution in [0.15, 0.2) is 146 Å². The molecule has 0 aliphatic rings. The Labute approximate surface area is 423 Å². The van der Waals surface area contributed by atoms with Crippen LogP contribution in [0.4, 0.5) is 0 Å². The van der Waals surface area contributed by atoms with E-state index in [1.54, 1.807) is 0 Å². The van der Waals surface area contributed by atoms with Crippen LogP contribution in [-0.4, -0.2) is 37.2 Å². The van der Waals surface area contributed by atoms with E-state index in [0.717, 1.165) is 141 Å². The maximum Gasteiger partial charge on any atom is 0.306 e. The molecule has 6 heteroatoms. The lowest BCUT2D eigenvalue weighted by Crippen LogP contribution is -2.30. The number of esters is 3. The average Bonchev–Trinajstić information content (AvgIpc) is 3.35. The van der Waals surface area contributed by atoms with Crippen molar-refractivity contribution in [1.82, 2.24) is 0 Å². The maximum absolute atomic E-state index is 12.8. The molecule has 0 amide bonds. The molecule has 0 heterocycles. The van der Waals surface area contributed by atoms with Crippen molar-refractivity contribution in [2.75, 3.05) is 13.2 Å². The van der Waals surface area contributed by atoms with E-state index in [1.807, 2.05) is 12.2 Å². The summed E-state index contributed by atoms with van der Waals surface area (Å²) in [5, 5.41) is 0. The van der Waals surface area contributed by atoms with Gasteiger partial charge in [-0.1, -0.05) is 212 Å². The van der Waals surface area contributed by atoms with Crippen LogP contribution in [0, 0.1) is 0 Å². The van der Waals surface area contributed by atoms with E-state index in [9.17, 15) is 14.4 Å². The normalized spacial score (nSPS) is 13.3. The molecule has 0 unspecified atom stereocenters. The summed E-state index contributed by atoms with van der Waals surface area (Å²) < 4.78 is 16.7. The third kappa shape index (κ3) is 54.1. The van der Waals surface area contributed by atoms with E-state index in [4.69, 9.17) is 14.2 Å². The zero-order valence-electron chi connectivity index (χ0n) is 44.0. The first kappa shape index (κ1) is 64.3. The van der Waals surface area contributed by atoms with Gasteiger partial charge < -0.3 is 14.2 Å². The van der Waals surface area contributed by atoms with E-state index >= 15 is 0 Å². The standard InChI is InChI=1S/C63H98O6/c1-4-7-10-13-16-19-22-25-28-30-31-33-36-38-41-44-47-50-53-56-62(65)68-59-60(69-63(66)57-54-51-48-45-42-39-34-27-24-21-18-15-12-9-6-3)58-67-61(64)55-52-49-46-43-40-37-35-32-29-26-23-20-17-14-11-8-5-2/h8-9,11-12,16-21,25-29,31,33-35,37-38,41,47,50,60H,4-7,10,13-15,22-24,30,32,36,39-40,42-46,48-49,51-59H2,1-3H3/b11-8-,12-9-,19-16-,20-17-,21-18-,28-25-,29-26-,33-31-,34-27-,37-35-,41-38-,50-47-/t60-/m1/s1. The Bertz CT molecular complexity index is 1560. The fourth-order valence-corrected chi connectivity index (χ4v) is 6.78. The lowest BCUT2D eigenvalue weighted by atomic mass is 10.1. The monoisotopic (exact) mass is 951 g/mol. The molecule has 0 fully saturated rings. The van der Waals surface area contributed by atoms with Crippen LogP contribution in [0.1, 0.15) is 213 Å². The summed E-state index contributed by atoms with van der Waals surface area (Å²) in [6.45, 7) is 6.26. The van der Waals surface area contributed by atoms with Gasteiger partial charge in [0.05, 0.1) is 0 Å². The number of ether oxygens (including phenoxy) is 3. The molecule has 0 saturated heterocycles. The van der Waals surface area contributed by atoms with Crippen molar-refractivity contribution in [2.24, 2.45) is 0 Å². The van der Waals surface area contributed by atoms with Gasteiger partial charge in [-0.05, 0) is 128 Å². The molecule has 0 aromatic carbocycles. The van der Waals surface area contributed by atoms with Crippen molar-refractivity contribution < 1.29 is 28.6 Å². The molecule has 0 aromatic heterocycles. The smallest absolute Gasteiger partial charge is 0.306 e. The molecule has 0 aliphatic heterocycles. The van der Waals surface area contributed by atoms with E-state index in [0.29, 0.717) is 12.8 Å². The van der Waals surface area contributed by atoms with Gasteiger partial charge in [0.25, 0.3) is 0 Å². The largest absolute Gasteiger partial charge is 0.462 e. The van der Waals surface area contributed by atoms with Gasteiger partial charge in [0.1, 0.15) is 13.2 Å². The second kappa shape index (κ2) is 55.9. The van der Waals surface area contributed by atoms with E-state index in [1.165, 1.54) is 25.7 Å². The van der Waals surface area contributed by atoms with Crippen molar-refractivity contribution in [3.63, 3.8) is 0 Å². The molecule has 0 radical (unpaired) electrons. The fourth-order valence-electron chi connectivity index (χ4n) is 6.78. The zero-order valence-corrected chi connectivity index (χ0v) is 44.0. The first-order chi connectivity index (χ1) is 34.0. The van der Waals surface area contributed by atoms with Gasteiger partial charge in [-0.15, -0.1) is 0 Å². The fraction of sp³-hybridized carbons (Fsp3) is 0.571. The molecule has 0 spiro atoms. The highest BCUT2D eigenvalue weighted by atomic mass is 16.6. The second-order valence-corrected chi connectivity index (χ2v) is 17.4. The minimum Gasteiger partial charge on any atom is -0.462 e. The summed E-state index contributed by atoms with van der Waals surface area (Å²) in [5.74, 6) is -1.06. The van der Waals surface area contributed by atoms with E-state index in [2.05, 4.69) is 154 Å². The van der Waals surface area contributed by atoms with Gasteiger partial charge in [0.15, 0.2) is 6.10 Å². The van der Waals surface area contributed by atoms with Gasteiger partial charge in [-0.25, -0.2) is 0 Å². The molecule has 0 N–H and O–H groups in total. The van der Waals surface area contributed by atoms with Crippen LogP contribution in [-0.2, 0) is 28.6 Å². The topological polar surface area (TPSA) is 78.9 Å². The minimum absolute atomic E-state index is 0.127. The Morgan fingerprint density at radius 1 is 0.304 bits per heavy atom. The highest BCUT2D eigenvalue weighted by Crippen LogP contribution is 2.12. The lowest BCUT2D eigenvalue weighted by Gasteiger charge is -2.18. The molecule has 6 nitrogen and oxygen atoms in total. The van der Waals surface area contributed by atoms with Crippen LogP contribution < -0.4 is 0 Å². The van der Waals surface area contributed by atoms with Gasteiger partial charge in [-0.3, -0.25) is 14.4 Å². The van der Waals surface area contributed by atoms with Crippen LogP contribution in [0.25, 0.3) is 0 Å². The van der Waals surface area contributed by atoms with Crippen LogP contribution in [0.5, 0.6) is 0 Å². The van der Waals surface area contributed by atoms with Crippen molar-refractivity contribution in [3.8, 4) is 0 Å². The summed E-state index contributed by atoms with van der Waals surface area (Å²) in [6, 6.07) is 0. The number of hydrogen-bond donors (Lipinski definition) is 0. The molecular formula is C63H98O6. The van der Waals surface area contributed by atoms with E-state index < -0.39 is 6.10 Å². The Hall–Kier alpha value is -4.71. The quantitative estimate of drug-likeness (QED) is 0.0262. The molecule has 0 bridgehead atoms. The molecular weight excluding hydrogens is 853 g/mol. The highest BCUT2D eigenvalue weighted by molar-refractivity contribution is 5.71. The van der Waals surface area contributed by atoms with E-state index in [-0.39, 0.29) is 44.0 Å². The predicted molar refractivity (Wildman–Crippen MR) is 297 cm³/mol. The molecule has 0 aliphatic carbocycles. The molecule has 1 atom stereocenters. The average molecular weight is 951 g/mol. The lowest BCUT2D eigenvalue weighted by molar-refractivity contribution is -0.166. The first-order valence-corrected chi connectivity index (χ1v) is 27.3. The van der Waals surface area contributed by atoms with Crippen molar-refractivity contribution in [2.45, 2.75) is 219 Å². The molecule has 0 saturated carbocycles. The number of unbranched alkanes of at least 4 members (excludes halogenated alkanes) is 12. The number of hydrogen-bond acceptors (Lipinski definition) is 6. The van der Waals surface area contributed by atoms with Gasteiger partial charge >= 0.3 is 17.9 Å². The Morgan fingerprint density at radius 2 is 0.594 bits per heavy atom. The third-order valence-corrected chi connectivity index (χ3v) is 10.8. The summed E-state index contributed by atoms with van der Waals surface area (Å²) >= 11 is 0. The summed E-state index contributed by atoms with van der Waals surface area (Å²) in [7, 11) is 0. The Kier molecular flexibility index (Phi) is 52.1. The van der Waals surface area contributed by atoms with Crippen molar-refractivity contribution in [1.29, 1.82) is 0 Å². The number of rotatable bonds is 47.